The van der Waals surface area contributed by atoms with Crippen LogP contribution < -0.4 is 0 Å². The predicted octanol–water partition coefficient (Wildman–Crippen LogP) is 6.83. The van der Waals surface area contributed by atoms with Gasteiger partial charge in [0.2, 0.25) is 0 Å². The molecule has 0 saturated heterocycles. The van der Waals surface area contributed by atoms with Crippen LogP contribution in [-0.4, -0.2) is 11.6 Å². The van der Waals surface area contributed by atoms with Crippen LogP contribution in [0.4, 0.5) is 0 Å². The molecule has 0 bridgehead atoms. The first-order valence-electron chi connectivity index (χ1n) is 9.30. The second-order valence-electron chi connectivity index (χ2n) is 6.17. The molecule has 0 radical (unpaired) electrons. The molecule has 24 heavy (non-hydrogen) atoms. The number of hydrogen-bond acceptors (Lipinski definition) is 2. The van der Waals surface area contributed by atoms with Gasteiger partial charge in [-0.2, -0.15) is 0 Å². The quantitative estimate of drug-likeness (QED) is 0.590. The Labute approximate surface area is 151 Å². The maximum Gasteiger partial charge on any atom is 0.137 e. The summed E-state index contributed by atoms with van der Waals surface area (Å²) in [6.07, 6.45) is 2.61. The number of hydrogen-bond donors (Lipinski definition) is 0. The number of carbonyl (C=O) groups is 2. The molecular weight excluding hydrogens is 296 g/mol. The molecule has 0 fully saturated rings. The van der Waals surface area contributed by atoms with E-state index in [1.165, 1.54) is 0 Å². The van der Waals surface area contributed by atoms with Crippen molar-refractivity contribution in [1.82, 2.24) is 0 Å². The standard InChI is InChI=1S/C11H14O.C5H10O.C4H10.C2H6/c1-3-11(9(2)12)10-7-5-4-6-8-10;1-3-4-5(2)6;1-4(2)3;1-2/h4-8,11H,3H2,1-2H3;3-4H2,1-2H3;4H,1-3H3;1-2H3/t11-;;;/m1.../s1. The van der Waals surface area contributed by atoms with Gasteiger partial charge in [0.15, 0.2) is 0 Å². The SMILES string of the molecule is CC.CC(C)C.CCCC(C)=O.CC[C@H](C(C)=O)c1ccccc1. The summed E-state index contributed by atoms with van der Waals surface area (Å²) in [4.78, 5) is 21.2. The summed E-state index contributed by atoms with van der Waals surface area (Å²) < 4.78 is 0. The molecule has 0 amide bonds. The maximum atomic E-state index is 11.2. The molecule has 1 aromatic carbocycles. The molecule has 0 saturated carbocycles. The first kappa shape index (κ1) is 27.4. The fourth-order valence-corrected chi connectivity index (χ4v) is 1.80. The minimum Gasteiger partial charge on any atom is -0.300 e. The van der Waals surface area contributed by atoms with Crippen LogP contribution in [0.15, 0.2) is 30.3 Å². The first-order valence-corrected chi connectivity index (χ1v) is 9.30. The third-order valence-electron chi connectivity index (χ3n) is 2.70. The van der Waals surface area contributed by atoms with E-state index in [-0.39, 0.29) is 17.5 Å². The molecule has 0 N–H and O–H groups in total. The molecule has 0 heterocycles. The number of ketones is 2. The van der Waals surface area contributed by atoms with Crippen molar-refractivity contribution >= 4 is 11.6 Å². The third kappa shape index (κ3) is 20.6. The van der Waals surface area contributed by atoms with E-state index in [2.05, 4.69) is 20.8 Å². The topological polar surface area (TPSA) is 34.1 Å². The van der Waals surface area contributed by atoms with Crippen molar-refractivity contribution in [2.24, 2.45) is 5.92 Å². The van der Waals surface area contributed by atoms with Gasteiger partial charge in [-0.3, -0.25) is 4.79 Å². The van der Waals surface area contributed by atoms with Gasteiger partial charge in [0.05, 0.1) is 0 Å². The summed E-state index contributed by atoms with van der Waals surface area (Å²) >= 11 is 0. The number of rotatable bonds is 5. The average Bonchev–Trinajstić information content (AvgIpc) is 2.50. The molecule has 2 heteroatoms. The Hall–Kier alpha value is -1.44. The summed E-state index contributed by atoms with van der Waals surface area (Å²) in [5.41, 5.74) is 1.13. The first-order chi connectivity index (χ1) is 11.3. The van der Waals surface area contributed by atoms with Crippen molar-refractivity contribution in [1.29, 1.82) is 0 Å². The minimum atomic E-state index is 0.0891. The van der Waals surface area contributed by atoms with Crippen molar-refractivity contribution in [3.63, 3.8) is 0 Å². The van der Waals surface area contributed by atoms with Crippen LogP contribution in [-0.2, 0) is 9.59 Å². The van der Waals surface area contributed by atoms with E-state index in [1.54, 1.807) is 13.8 Å². The Morgan fingerprint density at radius 3 is 1.54 bits per heavy atom. The zero-order chi connectivity index (χ0) is 19.5. The predicted molar refractivity (Wildman–Crippen MR) is 108 cm³/mol. The van der Waals surface area contributed by atoms with E-state index in [4.69, 9.17) is 0 Å². The Balaban J connectivity index is -0.000000309. The summed E-state index contributed by atoms with van der Waals surface area (Å²) in [6.45, 7) is 17.8. The smallest absolute Gasteiger partial charge is 0.137 e. The van der Waals surface area contributed by atoms with Gasteiger partial charge in [0, 0.05) is 12.3 Å². The van der Waals surface area contributed by atoms with Crippen molar-refractivity contribution in [2.75, 3.05) is 0 Å². The van der Waals surface area contributed by atoms with E-state index in [0.29, 0.717) is 0 Å². The van der Waals surface area contributed by atoms with Crippen LogP contribution >= 0.6 is 0 Å². The number of Topliss-reactive ketones (excluding diaryl/α,β-unsaturated/α-hetero) is 2. The zero-order valence-corrected chi connectivity index (χ0v) is 17.5. The van der Waals surface area contributed by atoms with Gasteiger partial charge >= 0.3 is 0 Å². The zero-order valence-electron chi connectivity index (χ0n) is 17.5. The van der Waals surface area contributed by atoms with Crippen molar-refractivity contribution in [2.45, 2.75) is 87.5 Å². The van der Waals surface area contributed by atoms with Gasteiger partial charge in [-0.05, 0) is 38.2 Å². The normalized spacial score (nSPS) is 10.1. The lowest BCUT2D eigenvalue weighted by atomic mass is 9.93. The number of carbonyl (C=O) groups excluding carboxylic acids is 2. The van der Waals surface area contributed by atoms with E-state index < -0.39 is 0 Å². The van der Waals surface area contributed by atoms with Gasteiger partial charge in [-0.1, -0.05) is 78.8 Å². The van der Waals surface area contributed by atoms with Gasteiger partial charge in [-0.25, -0.2) is 0 Å². The molecule has 0 aliphatic rings. The second kappa shape index (κ2) is 19.6. The minimum absolute atomic E-state index is 0.0891. The Morgan fingerprint density at radius 2 is 1.33 bits per heavy atom. The monoisotopic (exact) mass is 336 g/mol. The molecule has 1 aromatic rings. The van der Waals surface area contributed by atoms with E-state index >= 15 is 0 Å². The molecule has 1 rings (SSSR count). The summed E-state index contributed by atoms with van der Waals surface area (Å²) in [6, 6.07) is 9.93. The molecule has 0 aliphatic carbocycles. The van der Waals surface area contributed by atoms with Crippen LogP contribution in [0.2, 0.25) is 0 Å². The molecular formula is C22H40O2. The highest BCUT2D eigenvalue weighted by atomic mass is 16.1. The van der Waals surface area contributed by atoms with Crippen LogP contribution in [0.5, 0.6) is 0 Å². The highest BCUT2D eigenvalue weighted by molar-refractivity contribution is 5.83. The fraction of sp³-hybridized carbons (Fsp3) is 0.636. The van der Waals surface area contributed by atoms with Crippen LogP contribution in [0.25, 0.3) is 0 Å². The second-order valence-corrected chi connectivity index (χ2v) is 6.17. The lowest BCUT2D eigenvalue weighted by Gasteiger charge is -2.10. The lowest BCUT2D eigenvalue weighted by Crippen LogP contribution is -2.06. The van der Waals surface area contributed by atoms with Gasteiger partial charge in [-0.15, -0.1) is 0 Å². The summed E-state index contributed by atoms with van der Waals surface area (Å²) in [5.74, 6) is 1.47. The molecule has 0 unspecified atom stereocenters. The Kier molecular flexibility index (Phi) is 22.4. The van der Waals surface area contributed by atoms with Crippen molar-refractivity contribution in [3.8, 4) is 0 Å². The van der Waals surface area contributed by atoms with E-state index in [1.807, 2.05) is 58.0 Å². The van der Waals surface area contributed by atoms with Gasteiger partial charge < -0.3 is 4.79 Å². The van der Waals surface area contributed by atoms with Gasteiger partial charge in [0.25, 0.3) is 0 Å². The molecule has 1 atom stereocenters. The average molecular weight is 337 g/mol. The van der Waals surface area contributed by atoms with Crippen LogP contribution in [0.1, 0.15) is 93.1 Å². The van der Waals surface area contributed by atoms with Crippen LogP contribution in [0.3, 0.4) is 0 Å². The van der Waals surface area contributed by atoms with Crippen molar-refractivity contribution in [3.05, 3.63) is 35.9 Å². The molecule has 140 valence electrons. The lowest BCUT2D eigenvalue weighted by molar-refractivity contribution is -0.118. The van der Waals surface area contributed by atoms with E-state index in [0.717, 1.165) is 30.7 Å². The van der Waals surface area contributed by atoms with E-state index in [9.17, 15) is 9.59 Å². The summed E-state index contributed by atoms with van der Waals surface area (Å²) in [7, 11) is 0. The largest absolute Gasteiger partial charge is 0.300 e. The molecule has 0 aliphatic heterocycles. The summed E-state index contributed by atoms with van der Waals surface area (Å²) in [5, 5.41) is 0. The fourth-order valence-electron chi connectivity index (χ4n) is 1.80. The molecule has 0 aromatic heterocycles. The number of benzene rings is 1. The highest BCUT2D eigenvalue weighted by Crippen LogP contribution is 2.19. The third-order valence-corrected chi connectivity index (χ3v) is 2.70. The molecule has 2 nitrogen and oxygen atoms in total. The van der Waals surface area contributed by atoms with Crippen molar-refractivity contribution < 1.29 is 9.59 Å². The Bertz CT molecular complexity index is 391. The van der Waals surface area contributed by atoms with Crippen LogP contribution in [0, 0.1) is 5.92 Å². The molecule has 0 spiro atoms. The maximum absolute atomic E-state index is 11.2. The highest BCUT2D eigenvalue weighted by Gasteiger charge is 2.12. The Morgan fingerprint density at radius 1 is 0.917 bits per heavy atom. The van der Waals surface area contributed by atoms with Gasteiger partial charge in [0.1, 0.15) is 11.6 Å².